The molecule has 0 aliphatic carbocycles. The SMILES string of the molecule is CCCCCCOc1ccc(C2c3c(oc4ccccc4c3=O)C(=O)N2CCc2ccccc2)cc1OC. The van der Waals surface area contributed by atoms with Crippen molar-refractivity contribution in [3.63, 3.8) is 0 Å². The Kier molecular flexibility index (Phi) is 7.78. The second-order valence-electron chi connectivity index (χ2n) is 9.63. The van der Waals surface area contributed by atoms with E-state index < -0.39 is 6.04 Å². The third kappa shape index (κ3) is 5.03. The van der Waals surface area contributed by atoms with E-state index in [1.165, 1.54) is 12.8 Å². The molecule has 5 rings (SSSR count). The molecule has 0 saturated carbocycles. The molecule has 0 radical (unpaired) electrons. The molecule has 1 aliphatic heterocycles. The Morgan fingerprint density at radius 1 is 0.895 bits per heavy atom. The number of nitrogens with zero attached hydrogens (tertiary/aromatic N) is 1. The molecule has 0 saturated heterocycles. The Labute approximate surface area is 222 Å². The largest absolute Gasteiger partial charge is 0.493 e. The second-order valence-corrected chi connectivity index (χ2v) is 9.63. The van der Waals surface area contributed by atoms with E-state index in [0.717, 1.165) is 24.0 Å². The number of methoxy groups -OCH3 is 1. The molecule has 1 aromatic heterocycles. The van der Waals surface area contributed by atoms with Crippen LogP contribution in [-0.4, -0.2) is 31.1 Å². The van der Waals surface area contributed by atoms with Gasteiger partial charge in [0.05, 0.1) is 30.7 Å². The minimum atomic E-state index is -0.588. The lowest BCUT2D eigenvalue weighted by Crippen LogP contribution is -2.31. The summed E-state index contributed by atoms with van der Waals surface area (Å²) in [6, 6.07) is 22.2. The highest BCUT2D eigenvalue weighted by Crippen LogP contribution is 2.41. The third-order valence-electron chi connectivity index (χ3n) is 7.12. The van der Waals surface area contributed by atoms with E-state index in [0.29, 0.717) is 47.6 Å². The lowest BCUT2D eigenvalue weighted by molar-refractivity contribution is 0.0730. The van der Waals surface area contributed by atoms with Crippen molar-refractivity contribution in [3.8, 4) is 11.5 Å². The van der Waals surface area contributed by atoms with Gasteiger partial charge in [-0.3, -0.25) is 9.59 Å². The highest BCUT2D eigenvalue weighted by Gasteiger charge is 2.42. The number of ether oxygens (including phenoxy) is 2. The number of hydrogen-bond donors (Lipinski definition) is 0. The van der Waals surface area contributed by atoms with Gasteiger partial charge in [-0.2, -0.15) is 0 Å². The number of unbranched alkanes of at least 4 members (excludes halogenated alkanes) is 3. The first kappa shape index (κ1) is 25.6. The summed E-state index contributed by atoms with van der Waals surface area (Å²) in [5, 5.41) is 0.466. The van der Waals surface area contributed by atoms with E-state index in [-0.39, 0.29) is 17.1 Å². The van der Waals surface area contributed by atoms with Crippen LogP contribution in [0, 0.1) is 0 Å². The van der Waals surface area contributed by atoms with E-state index in [1.807, 2.05) is 48.5 Å². The van der Waals surface area contributed by atoms with Crippen LogP contribution in [0.1, 0.15) is 65.9 Å². The van der Waals surface area contributed by atoms with Crippen LogP contribution in [0.2, 0.25) is 0 Å². The normalized spacial score (nSPS) is 14.6. The van der Waals surface area contributed by atoms with Crippen molar-refractivity contribution in [1.82, 2.24) is 4.90 Å². The summed E-state index contributed by atoms with van der Waals surface area (Å²) >= 11 is 0. The van der Waals surface area contributed by atoms with Gasteiger partial charge in [-0.15, -0.1) is 0 Å². The van der Waals surface area contributed by atoms with E-state index >= 15 is 0 Å². The Balaban J connectivity index is 1.53. The molecule has 0 N–H and O–H groups in total. The van der Waals surface area contributed by atoms with Crippen LogP contribution in [0.5, 0.6) is 11.5 Å². The Bertz CT molecular complexity index is 1480. The molecule has 0 fully saturated rings. The van der Waals surface area contributed by atoms with Crippen LogP contribution in [0.4, 0.5) is 0 Å². The summed E-state index contributed by atoms with van der Waals surface area (Å²) in [4.78, 5) is 29.1. The van der Waals surface area contributed by atoms with Gasteiger partial charge in [-0.05, 0) is 48.2 Å². The molecule has 196 valence electrons. The van der Waals surface area contributed by atoms with Crippen molar-refractivity contribution in [3.05, 3.63) is 105 Å². The molecule has 3 aromatic carbocycles. The minimum Gasteiger partial charge on any atom is -0.493 e. The number of benzene rings is 3. The maximum Gasteiger partial charge on any atom is 0.290 e. The Morgan fingerprint density at radius 3 is 2.47 bits per heavy atom. The van der Waals surface area contributed by atoms with E-state index in [4.69, 9.17) is 13.9 Å². The van der Waals surface area contributed by atoms with Crippen LogP contribution in [-0.2, 0) is 6.42 Å². The number of para-hydroxylation sites is 1. The summed E-state index contributed by atoms with van der Waals surface area (Å²) in [7, 11) is 1.60. The molecule has 4 aromatic rings. The highest BCUT2D eigenvalue weighted by molar-refractivity contribution is 5.99. The van der Waals surface area contributed by atoms with Gasteiger partial charge >= 0.3 is 0 Å². The summed E-state index contributed by atoms with van der Waals surface area (Å²) in [5.74, 6) is 1.06. The van der Waals surface area contributed by atoms with Crippen molar-refractivity contribution >= 4 is 16.9 Å². The standard InChI is InChI=1S/C32H33NO5/c1-3-4-5-11-20-37-26-17-16-23(21-27(26)36-2)29-28-30(34)24-14-9-10-15-25(24)38-31(28)32(35)33(29)19-18-22-12-7-6-8-13-22/h6-10,12-17,21,29H,3-5,11,18-20H2,1-2H3. The van der Waals surface area contributed by atoms with Gasteiger partial charge in [0.2, 0.25) is 5.76 Å². The zero-order valence-corrected chi connectivity index (χ0v) is 21.9. The fourth-order valence-electron chi connectivity index (χ4n) is 5.12. The molecule has 1 unspecified atom stereocenters. The third-order valence-corrected chi connectivity index (χ3v) is 7.12. The number of hydrogen-bond acceptors (Lipinski definition) is 5. The Hall–Kier alpha value is -4.06. The average molecular weight is 512 g/mol. The maximum absolute atomic E-state index is 13.7. The molecule has 38 heavy (non-hydrogen) atoms. The Morgan fingerprint density at radius 2 is 1.68 bits per heavy atom. The number of amides is 1. The van der Waals surface area contributed by atoms with Crippen LogP contribution in [0.3, 0.4) is 0 Å². The molecular weight excluding hydrogens is 478 g/mol. The zero-order valence-electron chi connectivity index (χ0n) is 21.9. The summed E-state index contributed by atoms with van der Waals surface area (Å²) in [6.45, 7) is 3.23. The monoisotopic (exact) mass is 511 g/mol. The molecule has 1 atom stereocenters. The second kappa shape index (κ2) is 11.5. The molecule has 2 heterocycles. The number of rotatable bonds is 11. The molecule has 1 amide bonds. The van der Waals surface area contributed by atoms with Gasteiger partial charge in [-0.25, -0.2) is 0 Å². The van der Waals surface area contributed by atoms with Crippen LogP contribution in [0.15, 0.2) is 82.0 Å². The van der Waals surface area contributed by atoms with Crippen LogP contribution in [0.25, 0.3) is 11.0 Å². The highest BCUT2D eigenvalue weighted by atomic mass is 16.5. The predicted octanol–water partition coefficient (Wildman–Crippen LogP) is 6.55. The van der Waals surface area contributed by atoms with Gasteiger partial charge in [0, 0.05) is 6.54 Å². The summed E-state index contributed by atoms with van der Waals surface area (Å²) in [6.07, 6.45) is 5.11. The van der Waals surface area contributed by atoms with Gasteiger partial charge in [0.1, 0.15) is 5.58 Å². The number of carbonyl (C=O) groups is 1. The first-order valence-electron chi connectivity index (χ1n) is 13.3. The molecule has 6 nitrogen and oxygen atoms in total. The van der Waals surface area contributed by atoms with Crippen molar-refractivity contribution in [2.75, 3.05) is 20.3 Å². The molecule has 0 spiro atoms. The zero-order chi connectivity index (χ0) is 26.5. The average Bonchev–Trinajstić information content (AvgIpc) is 3.24. The first-order valence-corrected chi connectivity index (χ1v) is 13.3. The molecule has 6 heteroatoms. The number of fused-ring (bicyclic) bond motifs is 2. The molecule has 0 bridgehead atoms. The van der Waals surface area contributed by atoms with E-state index in [2.05, 4.69) is 6.92 Å². The van der Waals surface area contributed by atoms with Crippen molar-refractivity contribution < 1.29 is 18.7 Å². The van der Waals surface area contributed by atoms with E-state index in [1.54, 1.807) is 36.3 Å². The summed E-state index contributed by atoms with van der Waals surface area (Å²) in [5.41, 5.74) is 2.50. The van der Waals surface area contributed by atoms with Crippen molar-refractivity contribution in [2.45, 2.75) is 45.1 Å². The fraction of sp³-hybridized carbons (Fsp3) is 0.312. The van der Waals surface area contributed by atoms with Crippen molar-refractivity contribution in [2.24, 2.45) is 0 Å². The molecule has 1 aliphatic rings. The molecular formula is C32H33NO5. The van der Waals surface area contributed by atoms with Gasteiger partial charge < -0.3 is 18.8 Å². The fourth-order valence-corrected chi connectivity index (χ4v) is 5.12. The smallest absolute Gasteiger partial charge is 0.290 e. The van der Waals surface area contributed by atoms with Crippen molar-refractivity contribution in [1.29, 1.82) is 0 Å². The van der Waals surface area contributed by atoms with Gasteiger partial charge in [0.25, 0.3) is 5.91 Å². The lowest BCUT2D eigenvalue weighted by Gasteiger charge is -2.26. The maximum atomic E-state index is 13.7. The minimum absolute atomic E-state index is 0.113. The van der Waals surface area contributed by atoms with Crippen LogP contribution >= 0.6 is 0 Å². The summed E-state index contributed by atoms with van der Waals surface area (Å²) < 4.78 is 17.7. The predicted molar refractivity (Wildman–Crippen MR) is 148 cm³/mol. The van der Waals surface area contributed by atoms with E-state index in [9.17, 15) is 9.59 Å². The topological polar surface area (TPSA) is 69.0 Å². The quantitative estimate of drug-likeness (QED) is 0.214. The first-order chi connectivity index (χ1) is 18.6. The number of carbonyl (C=O) groups excluding carboxylic acids is 1. The van der Waals surface area contributed by atoms with Crippen LogP contribution < -0.4 is 14.9 Å². The van der Waals surface area contributed by atoms with Gasteiger partial charge in [-0.1, -0.05) is 74.7 Å². The van der Waals surface area contributed by atoms with Gasteiger partial charge in [0.15, 0.2) is 16.9 Å². The lowest BCUT2D eigenvalue weighted by atomic mass is 9.97.